The van der Waals surface area contributed by atoms with Crippen LogP contribution in [-0.2, 0) is 9.59 Å². The minimum absolute atomic E-state index is 0.0132. The third-order valence-corrected chi connectivity index (χ3v) is 2.37. The fourth-order valence-corrected chi connectivity index (χ4v) is 0.962. The van der Waals surface area contributed by atoms with Crippen molar-refractivity contribution in [2.45, 2.75) is 32.9 Å². The van der Waals surface area contributed by atoms with Gasteiger partial charge in [-0.15, -0.1) is 0 Å². The highest BCUT2D eigenvalue weighted by Crippen LogP contribution is 1.93. The summed E-state index contributed by atoms with van der Waals surface area (Å²) in [7, 11) is 3.32. The second kappa shape index (κ2) is 6.40. The van der Waals surface area contributed by atoms with Crippen LogP contribution < -0.4 is 10.6 Å². The Bertz CT molecular complexity index is 229. The predicted molar refractivity (Wildman–Crippen MR) is 59.4 cm³/mol. The van der Waals surface area contributed by atoms with Crippen molar-refractivity contribution in [1.29, 1.82) is 0 Å². The lowest BCUT2D eigenvalue weighted by Gasteiger charge is -2.22. The first-order chi connectivity index (χ1) is 6.90. The van der Waals surface area contributed by atoms with Crippen LogP contribution in [0, 0.1) is 0 Å². The van der Waals surface area contributed by atoms with Crippen LogP contribution in [0.4, 0.5) is 0 Å². The molecule has 1 unspecified atom stereocenters. The molecular weight excluding hydrogens is 194 g/mol. The van der Waals surface area contributed by atoms with Gasteiger partial charge in [0.2, 0.25) is 11.8 Å². The number of nitrogens with zero attached hydrogens (tertiary/aromatic N) is 1. The number of nitrogens with one attached hydrogen (secondary N) is 2. The number of carbonyl (C=O) groups is 2. The maximum absolute atomic E-state index is 11.5. The fourth-order valence-electron chi connectivity index (χ4n) is 0.962. The average molecular weight is 215 g/mol. The Morgan fingerprint density at radius 1 is 1.27 bits per heavy atom. The third kappa shape index (κ3) is 4.78. The van der Waals surface area contributed by atoms with Gasteiger partial charge in [0.1, 0.15) is 0 Å². The van der Waals surface area contributed by atoms with Gasteiger partial charge in [0, 0.05) is 20.1 Å². The smallest absolute Gasteiger partial charge is 0.236 e. The van der Waals surface area contributed by atoms with E-state index in [1.807, 2.05) is 13.8 Å². The molecule has 0 bridgehead atoms. The molecule has 0 rings (SSSR count). The molecule has 0 fully saturated rings. The molecule has 2 N–H and O–H groups in total. The summed E-state index contributed by atoms with van der Waals surface area (Å²) in [5.41, 5.74) is 0. The third-order valence-electron chi connectivity index (χ3n) is 2.37. The fraction of sp³-hybridized carbons (Fsp3) is 0.800. The quantitative estimate of drug-likeness (QED) is 0.654. The van der Waals surface area contributed by atoms with Gasteiger partial charge in [0.15, 0.2) is 0 Å². The molecule has 0 aromatic rings. The second-order valence-electron chi connectivity index (χ2n) is 3.82. The van der Waals surface area contributed by atoms with Crippen LogP contribution in [0.25, 0.3) is 0 Å². The van der Waals surface area contributed by atoms with E-state index in [4.69, 9.17) is 0 Å². The maximum atomic E-state index is 11.5. The van der Waals surface area contributed by atoms with Crippen molar-refractivity contribution in [3.63, 3.8) is 0 Å². The Morgan fingerprint density at radius 2 is 1.80 bits per heavy atom. The van der Waals surface area contributed by atoms with E-state index in [2.05, 4.69) is 10.6 Å². The maximum Gasteiger partial charge on any atom is 0.236 e. The van der Waals surface area contributed by atoms with E-state index in [1.165, 1.54) is 0 Å². The van der Waals surface area contributed by atoms with Crippen molar-refractivity contribution in [2.75, 3.05) is 20.6 Å². The summed E-state index contributed by atoms with van der Waals surface area (Å²) < 4.78 is 0. The summed E-state index contributed by atoms with van der Waals surface area (Å²) in [4.78, 5) is 24.3. The molecule has 0 aromatic heterocycles. The Kier molecular flexibility index (Phi) is 5.93. The summed E-state index contributed by atoms with van der Waals surface area (Å²) in [6.45, 7) is 5.80. The lowest BCUT2D eigenvalue weighted by Crippen LogP contribution is -2.46. The molecule has 15 heavy (non-hydrogen) atoms. The molecule has 0 aliphatic rings. The zero-order valence-electron chi connectivity index (χ0n) is 10.1. The first-order valence-corrected chi connectivity index (χ1v) is 5.10. The highest BCUT2D eigenvalue weighted by atomic mass is 16.2. The first kappa shape index (κ1) is 13.9. The molecule has 5 heteroatoms. The van der Waals surface area contributed by atoms with Crippen LogP contribution >= 0.6 is 0 Å². The van der Waals surface area contributed by atoms with Crippen molar-refractivity contribution in [2.24, 2.45) is 0 Å². The van der Waals surface area contributed by atoms with Gasteiger partial charge in [-0.2, -0.15) is 0 Å². The molecule has 0 saturated carbocycles. The van der Waals surface area contributed by atoms with Gasteiger partial charge in [-0.3, -0.25) is 14.9 Å². The monoisotopic (exact) mass is 215 g/mol. The highest BCUT2D eigenvalue weighted by Gasteiger charge is 2.15. The van der Waals surface area contributed by atoms with E-state index in [0.29, 0.717) is 0 Å². The van der Waals surface area contributed by atoms with Crippen molar-refractivity contribution in [3.8, 4) is 0 Å². The molecule has 2 amide bonds. The van der Waals surface area contributed by atoms with E-state index in [0.717, 1.165) is 0 Å². The Balaban J connectivity index is 3.95. The molecule has 0 aliphatic heterocycles. The summed E-state index contributed by atoms with van der Waals surface area (Å²) >= 11 is 0. The predicted octanol–water partition coefficient (Wildman–Crippen LogP) is -0.423. The molecule has 0 radical (unpaired) electrons. The number of hydrogen-bond donors (Lipinski definition) is 2. The van der Waals surface area contributed by atoms with Crippen LogP contribution in [0.1, 0.15) is 20.8 Å². The van der Waals surface area contributed by atoms with Crippen LogP contribution in [0.5, 0.6) is 0 Å². The minimum atomic E-state index is -0.348. The van der Waals surface area contributed by atoms with E-state index < -0.39 is 0 Å². The number of amides is 2. The van der Waals surface area contributed by atoms with Crippen molar-refractivity contribution < 1.29 is 9.59 Å². The molecule has 0 spiro atoms. The second-order valence-corrected chi connectivity index (χ2v) is 3.82. The van der Waals surface area contributed by atoms with E-state index >= 15 is 0 Å². The zero-order chi connectivity index (χ0) is 12.0. The van der Waals surface area contributed by atoms with Crippen LogP contribution in [0.2, 0.25) is 0 Å². The van der Waals surface area contributed by atoms with Gasteiger partial charge in [0.25, 0.3) is 0 Å². The van der Waals surface area contributed by atoms with Gasteiger partial charge >= 0.3 is 0 Å². The number of likely N-dealkylation sites (N-methyl/N-ethyl adjacent to an activating group) is 2. The van der Waals surface area contributed by atoms with E-state index in [-0.39, 0.29) is 30.4 Å². The highest BCUT2D eigenvalue weighted by molar-refractivity contribution is 5.83. The molecule has 0 heterocycles. The molecule has 88 valence electrons. The van der Waals surface area contributed by atoms with Crippen LogP contribution in [-0.4, -0.2) is 49.4 Å². The topological polar surface area (TPSA) is 61.4 Å². The van der Waals surface area contributed by atoms with Crippen molar-refractivity contribution >= 4 is 11.8 Å². The molecule has 0 aromatic carbocycles. The standard InChI is InChI=1S/C10H21N3O2/c1-7(2)13(5)9(14)6-12-8(3)10(15)11-4/h7-8,12H,6H2,1-5H3,(H,11,15). The average Bonchev–Trinajstić information content (AvgIpc) is 2.22. The normalized spacial score (nSPS) is 12.4. The molecule has 0 aliphatic carbocycles. The van der Waals surface area contributed by atoms with Crippen LogP contribution in [0.15, 0.2) is 0 Å². The SMILES string of the molecule is CNC(=O)C(C)NCC(=O)N(C)C(C)C. The van der Waals surface area contributed by atoms with E-state index in [9.17, 15) is 9.59 Å². The Labute approximate surface area is 91.2 Å². The molecular formula is C10H21N3O2. The minimum Gasteiger partial charge on any atom is -0.358 e. The Hall–Kier alpha value is -1.10. The van der Waals surface area contributed by atoms with Gasteiger partial charge in [-0.1, -0.05) is 0 Å². The summed E-state index contributed by atoms with van der Waals surface area (Å²) in [5, 5.41) is 5.38. The van der Waals surface area contributed by atoms with Gasteiger partial charge in [-0.05, 0) is 20.8 Å². The zero-order valence-corrected chi connectivity index (χ0v) is 10.1. The summed E-state index contributed by atoms with van der Waals surface area (Å²) in [6, 6.07) is -0.172. The molecule has 1 atom stereocenters. The summed E-state index contributed by atoms with van der Waals surface area (Å²) in [6.07, 6.45) is 0. The lowest BCUT2D eigenvalue weighted by molar-refractivity contribution is -0.130. The summed E-state index contributed by atoms with van der Waals surface area (Å²) in [5.74, 6) is -0.129. The lowest BCUT2D eigenvalue weighted by atomic mass is 10.3. The van der Waals surface area contributed by atoms with Gasteiger partial charge in [0.05, 0.1) is 12.6 Å². The first-order valence-electron chi connectivity index (χ1n) is 5.10. The van der Waals surface area contributed by atoms with E-state index in [1.54, 1.807) is 25.9 Å². The van der Waals surface area contributed by atoms with Crippen molar-refractivity contribution in [3.05, 3.63) is 0 Å². The largest absolute Gasteiger partial charge is 0.358 e. The van der Waals surface area contributed by atoms with Gasteiger partial charge in [-0.25, -0.2) is 0 Å². The van der Waals surface area contributed by atoms with Crippen molar-refractivity contribution in [1.82, 2.24) is 15.5 Å². The van der Waals surface area contributed by atoms with Gasteiger partial charge < -0.3 is 10.2 Å². The number of carbonyl (C=O) groups excluding carboxylic acids is 2. The molecule has 5 nitrogen and oxygen atoms in total. The molecule has 0 saturated heterocycles. The number of rotatable bonds is 5. The van der Waals surface area contributed by atoms with Crippen LogP contribution in [0.3, 0.4) is 0 Å². The Morgan fingerprint density at radius 3 is 2.20 bits per heavy atom. The number of hydrogen-bond acceptors (Lipinski definition) is 3.